The van der Waals surface area contributed by atoms with Crippen LogP contribution in [-0.4, -0.2) is 20.9 Å². The first-order valence-corrected chi connectivity index (χ1v) is 9.64. The zero-order valence-corrected chi connectivity index (χ0v) is 16.8. The summed E-state index contributed by atoms with van der Waals surface area (Å²) in [5, 5.41) is 6.91. The first kappa shape index (κ1) is 19.9. The molecule has 0 atom stereocenters. The number of anilines is 3. The van der Waals surface area contributed by atoms with Crippen LogP contribution in [0, 0.1) is 6.92 Å². The number of hydrogen-bond acceptors (Lipinski definition) is 7. The molecule has 0 radical (unpaired) electrons. The Morgan fingerprint density at radius 3 is 2.77 bits per heavy atom. The molecule has 6 N–H and O–H groups in total. The Balaban J connectivity index is 1.29. The van der Waals surface area contributed by atoms with E-state index in [9.17, 15) is 4.79 Å². The Morgan fingerprint density at radius 1 is 1.03 bits per heavy atom. The quantitative estimate of drug-likeness (QED) is 0.193. The number of hydrazine groups is 2. The van der Waals surface area contributed by atoms with E-state index in [1.165, 1.54) is 6.33 Å². The lowest BCUT2D eigenvalue weighted by atomic mass is 10.1. The Morgan fingerprint density at radius 2 is 1.90 bits per heavy atom. The molecule has 1 amide bonds. The summed E-state index contributed by atoms with van der Waals surface area (Å²) in [6, 6.07) is 16.7. The van der Waals surface area contributed by atoms with Crippen LogP contribution in [0.5, 0.6) is 0 Å². The Bertz CT molecular complexity index is 1200. The topological polar surface area (TPSA) is 119 Å². The first-order chi connectivity index (χ1) is 15.2. The maximum absolute atomic E-state index is 12.3. The van der Waals surface area contributed by atoms with Gasteiger partial charge in [-0.1, -0.05) is 24.3 Å². The maximum Gasteiger partial charge on any atom is 0.255 e. The van der Waals surface area contributed by atoms with Crippen molar-refractivity contribution in [1.82, 2.24) is 25.9 Å². The van der Waals surface area contributed by atoms with Gasteiger partial charge in [-0.25, -0.2) is 9.97 Å². The molecule has 2 heterocycles. The van der Waals surface area contributed by atoms with Crippen molar-refractivity contribution in [2.75, 3.05) is 16.1 Å². The summed E-state index contributed by atoms with van der Waals surface area (Å²) in [7, 11) is 0. The summed E-state index contributed by atoms with van der Waals surface area (Å²) in [6.07, 6.45) is 6.71. The van der Waals surface area contributed by atoms with Crippen LogP contribution < -0.4 is 27.0 Å². The fraction of sp³-hybridized carbons (Fsp3) is 0.0455. The van der Waals surface area contributed by atoms with Gasteiger partial charge in [-0.2, -0.15) is 5.53 Å². The van der Waals surface area contributed by atoms with E-state index in [0.717, 1.165) is 22.3 Å². The van der Waals surface area contributed by atoms with Crippen molar-refractivity contribution in [3.8, 4) is 0 Å². The summed E-state index contributed by atoms with van der Waals surface area (Å²) >= 11 is 0. The molecule has 4 aromatic rings. The van der Waals surface area contributed by atoms with E-state index in [4.69, 9.17) is 0 Å². The lowest BCUT2D eigenvalue weighted by molar-refractivity contribution is 0.102. The van der Waals surface area contributed by atoms with Crippen molar-refractivity contribution >= 4 is 34.1 Å². The molecule has 156 valence electrons. The van der Waals surface area contributed by atoms with Gasteiger partial charge < -0.3 is 26.5 Å². The Kier molecular flexibility index (Phi) is 6.05. The highest BCUT2D eigenvalue weighted by atomic mass is 16.1. The second-order valence-corrected chi connectivity index (χ2v) is 6.68. The van der Waals surface area contributed by atoms with Gasteiger partial charge in [0.05, 0.1) is 11.1 Å². The van der Waals surface area contributed by atoms with E-state index < -0.39 is 0 Å². The molecule has 0 aliphatic heterocycles. The molecule has 0 fully saturated rings. The van der Waals surface area contributed by atoms with Crippen molar-refractivity contribution in [2.45, 2.75) is 6.92 Å². The molecule has 0 aliphatic rings. The van der Waals surface area contributed by atoms with E-state index >= 15 is 0 Å². The molecule has 0 unspecified atom stereocenters. The Labute approximate surface area is 178 Å². The molecule has 31 heavy (non-hydrogen) atoms. The molecule has 9 heteroatoms. The molecular weight excluding hydrogens is 392 g/mol. The first-order valence-electron chi connectivity index (χ1n) is 9.64. The van der Waals surface area contributed by atoms with Gasteiger partial charge >= 0.3 is 0 Å². The fourth-order valence-corrected chi connectivity index (χ4v) is 2.92. The summed E-state index contributed by atoms with van der Waals surface area (Å²) in [5.41, 5.74) is 12.8. The standard InChI is InChI=1S/C22H22N8O/c1-15-7-8-17(28-22(31)16-5-3-2-4-6-16)13-19(15)29-30-27-12-11-24-21-18-9-10-23-20(18)25-14-26-21/h2-14,27,29-30H,1H3,(H,28,31)(H2,23,24,25,26)/b12-11-. The number of fused-ring (bicyclic) bond motifs is 1. The number of aromatic nitrogens is 3. The van der Waals surface area contributed by atoms with Crippen LogP contribution in [0.1, 0.15) is 15.9 Å². The number of carbonyl (C=O) groups is 1. The number of carbonyl (C=O) groups excluding carboxylic acids is 1. The third-order valence-corrected chi connectivity index (χ3v) is 4.54. The van der Waals surface area contributed by atoms with Crippen LogP contribution in [0.3, 0.4) is 0 Å². The van der Waals surface area contributed by atoms with Gasteiger partial charge in [0.25, 0.3) is 5.91 Å². The van der Waals surface area contributed by atoms with E-state index in [1.807, 2.05) is 55.6 Å². The third kappa shape index (κ3) is 4.98. The van der Waals surface area contributed by atoms with Crippen LogP contribution in [0.4, 0.5) is 17.2 Å². The number of benzene rings is 2. The van der Waals surface area contributed by atoms with Crippen molar-refractivity contribution in [1.29, 1.82) is 0 Å². The van der Waals surface area contributed by atoms with E-state index in [2.05, 4.69) is 42.0 Å². The van der Waals surface area contributed by atoms with Gasteiger partial charge in [0.2, 0.25) is 0 Å². The second kappa shape index (κ2) is 9.42. The largest absolute Gasteiger partial charge is 0.346 e. The Hall–Kier alpha value is -4.37. The number of aryl methyl sites for hydroxylation is 1. The number of aromatic amines is 1. The second-order valence-electron chi connectivity index (χ2n) is 6.68. The summed E-state index contributed by atoms with van der Waals surface area (Å²) in [5.74, 6) is 0.548. The zero-order valence-electron chi connectivity index (χ0n) is 16.8. The van der Waals surface area contributed by atoms with Crippen molar-refractivity contribution in [3.63, 3.8) is 0 Å². The maximum atomic E-state index is 12.3. The minimum absolute atomic E-state index is 0.156. The molecule has 4 rings (SSSR count). The van der Waals surface area contributed by atoms with Crippen molar-refractivity contribution in [2.24, 2.45) is 0 Å². The minimum Gasteiger partial charge on any atom is -0.346 e. The number of amides is 1. The van der Waals surface area contributed by atoms with Crippen molar-refractivity contribution < 1.29 is 4.79 Å². The molecule has 9 nitrogen and oxygen atoms in total. The van der Waals surface area contributed by atoms with Gasteiger partial charge in [-0.05, 0) is 42.8 Å². The number of hydrogen-bond donors (Lipinski definition) is 6. The van der Waals surface area contributed by atoms with Crippen LogP contribution in [0.15, 0.2) is 79.5 Å². The molecule has 0 bridgehead atoms. The average molecular weight is 414 g/mol. The summed E-state index contributed by atoms with van der Waals surface area (Å²) in [6.45, 7) is 1.97. The normalized spacial score (nSPS) is 10.9. The van der Waals surface area contributed by atoms with E-state index in [1.54, 1.807) is 24.5 Å². The van der Waals surface area contributed by atoms with Crippen molar-refractivity contribution in [3.05, 3.63) is 90.6 Å². The smallest absolute Gasteiger partial charge is 0.255 e. The van der Waals surface area contributed by atoms with Gasteiger partial charge in [0.15, 0.2) is 0 Å². The van der Waals surface area contributed by atoms with Crippen LogP contribution in [0.2, 0.25) is 0 Å². The lowest BCUT2D eigenvalue weighted by Crippen LogP contribution is -2.33. The molecule has 0 spiro atoms. The predicted molar refractivity (Wildman–Crippen MR) is 122 cm³/mol. The highest BCUT2D eigenvalue weighted by molar-refractivity contribution is 6.04. The zero-order chi connectivity index (χ0) is 21.5. The number of nitrogens with zero attached hydrogens (tertiary/aromatic N) is 2. The van der Waals surface area contributed by atoms with Crippen LogP contribution in [-0.2, 0) is 0 Å². The van der Waals surface area contributed by atoms with Crippen LogP contribution >= 0.6 is 0 Å². The molecule has 0 aliphatic carbocycles. The van der Waals surface area contributed by atoms with Gasteiger partial charge in [-0.15, -0.1) is 0 Å². The molecule has 2 aromatic carbocycles. The summed E-state index contributed by atoms with van der Waals surface area (Å²) < 4.78 is 0. The SMILES string of the molecule is Cc1ccc(NC(=O)c2ccccc2)cc1NNN/C=C\Nc1ncnc2[nH]ccc12. The predicted octanol–water partition coefficient (Wildman–Crippen LogP) is 3.52. The highest BCUT2D eigenvalue weighted by Gasteiger charge is 2.07. The third-order valence-electron chi connectivity index (χ3n) is 4.54. The lowest BCUT2D eigenvalue weighted by Gasteiger charge is -2.13. The fourth-order valence-electron chi connectivity index (χ4n) is 2.92. The van der Waals surface area contributed by atoms with Gasteiger partial charge in [0, 0.05) is 29.8 Å². The summed E-state index contributed by atoms with van der Waals surface area (Å²) in [4.78, 5) is 23.7. The number of rotatable bonds is 8. The highest BCUT2D eigenvalue weighted by Crippen LogP contribution is 2.20. The molecular formula is C22H22N8O. The monoisotopic (exact) mass is 414 g/mol. The molecule has 0 saturated carbocycles. The minimum atomic E-state index is -0.156. The van der Waals surface area contributed by atoms with E-state index in [-0.39, 0.29) is 5.91 Å². The van der Waals surface area contributed by atoms with Gasteiger partial charge in [-0.3, -0.25) is 4.79 Å². The molecule has 0 saturated heterocycles. The number of nitrogens with one attached hydrogen (secondary N) is 6. The van der Waals surface area contributed by atoms with Gasteiger partial charge in [0.1, 0.15) is 17.8 Å². The van der Waals surface area contributed by atoms with E-state index in [0.29, 0.717) is 17.1 Å². The van der Waals surface area contributed by atoms with Crippen LogP contribution in [0.25, 0.3) is 11.0 Å². The molecule has 2 aromatic heterocycles. The average Bonchev–Trinajstić information content (AvgIpc) is 3.28. The number of H-pyrrole nitrogens is 1.